The number of nitrogens with one attached hydrogen (secondary N) is 1. The molecule has 0 bridgehead atoms. The highest BCUT2D eigenvalue weighted by molar-refractivity contribution is 5.98. The van der Waals surface area contributed by atoms with Crippen LogP contribution in [0.2, 0.25) is 0 Å². The molecule has 0 saturated heterocycles. The van der Waals surface area contributed by atoms with Crippen LogP contribution in [0.5, 0.6) is 0 Å². The Labute approximate surface area is 91.5 Å². The Morgan fingerprint density at radius 1 is 1.31 bits per heavy atom. The summed E-state index contributed by atoms with van der Waals surface area (Å²) in [6.45, 7) is 1.93. The highest BCUT2D eigenvalue weighted by Gasteiger charge is 2.22. The van der Waals surface area contributed by atoms with Gasteiger partial charge in [-0.25, -0.2) is 13.2 Å². The summed E-state index contributed by atoms with van der Waals surface area (Å²) in [6, 6.07) is 1.71. The molecule has 1 aromatic carbocycles. The van der Waals surface area contributed by atoms with E-state index >= 15 is 0 Å². The minimum atomic E-state index is -1.61. The molecule has 1 atom stereocenters. The Morgan fingerprint density at radius 3 is 2.50 bits per heavy atom. The lowest BCUT2D eigenvalue weighted by Gasteiger charge is -2.10. The van der Waals surface area contributed by atoms with E-state index in [0.29, 0.717) is 6.54 Å². The summed E-state index contributed by atoms with van der Waals surface area (Å²) in [5.74, 6) is -5.37. The Kier molecular flexibility index (Phi) is 4.06. The van der Waals surface area contributed by atoms with Crippen molar-refractivity contribution >= 4 is 5.78 Å². The summed E-state index contributed by atoms with van der Waals surface area (Å²) in [6.07, 6.45) is 0. The van der Waals surface area contributed by atoms with Gasteiger partial charge in [0, 0.05) is 12.5 Å². The van der Waals surface area contributed by atoms with Gasteiger partial charge in [-0.1, -0.05) is 6.92 Å². The van der Waals surface area contributed by atoms with Crippen LogP contribution in [0.15, 0.2) is 12.1 Å². The molecule has 2 nitrogen and oxygen atoms in total. The second kappa shape index (κ2) is 5.12. The first-order valence-corrected chi connectivity index (χ1v) is 4.81. The SMILES string of the molecule is CNCC(C)C(=O)c1ccc(F)c(F)c1F. The van der Waals surface area contributed by atoms with Crippen LogP contribution < -0.4 is 5.32 Å². The Hall–Kier alpha value is -1.36. The molecule has 0 spiro atoms. The zero-order valence-corrected chi connectivity index (χ0v) is 8.98. The lowest BCUT2D eigenvalue weighted by molar-refractivity contribution is 0.0924. The van der Waals surface area contributed by atoms with Gasteiger partial charge in [-0.05, 0) is 19.2 Å². The van der Waals surface area contributed by atoms with E-state index in [0.717, 1.165) is 12.1 Å². The summed E-state index contributed by atoms with van der Waals surface area (Å²) >= 11 is 0. The zero-order valence-electron chi connectivity index (χ0n) is 8.98. The molecule has 0 saturated carbocycles. The van der Waals surface area contributed by atoms with E-state index in [9.17, 15) is 18.0 Å². The average molecular weight is 231 g/mol. The molecule has 1 aromatic rings. The zero-order chi connectivity index (χ0) is 12.3. The number of Topliss-reactive ketones (excluding diaryl/α,β-unsaturated/α-hetero) is 1. The third kappa shape index (κ3) is 2.41. The number of hydrogen-bond acceptors (Lipinski definition) is 2. The van der Waals surface area contributed by atoms with Gasteiger partial charge in [0.15, 0.2) is 23.2 Å². The van der Waals surface area contributed by atoms with Crippen molar-refractivity contribution in [3.63, 3.8) is 0 Å². The first kappa shape index (κ1) is 12.7. The molecule has 1 N–H and O–H groups in total. The molecule has 0 amide bonds. The molecule has 0 aliphatic rings. The van der Waals surface area contributed by atoms with E-state index in [1.807, 2.05) is 0 Å². The molecular formula is C11H12F3NO. The summed E-state index contributed by atoms with van der Waals surface area (Å²) in [4.78, 5) is 11.6. The average Bonchev–Trinajstić information content (AvgIpc) is 2.26. The van der Waals surface area contributed by atoms with Crippen molar-refractivity contribution in [2.75, 3.05) is 13.6 Å². The van der Waals surface area contributed by atoms with E-state index in [4.69, 9.17) is 0 Å². The van der Waals surface area contributed by atoms with Crippen molar-refractivity contribution in [1.29, 1.82) is 0 Å². The van der Waals surface area contributed by atoms with Gasteiger partial charge in [-0.3, -0.25) is 4.79 Å². The fourth-order valence-electron chi connectivity index (χ4n) is 1.38. The monoisotopic (exact) mass is 231 g/mol. The maximum absolute atomic E-state index is 13.3. The normalized spacial score (nSPS) is 12.6. The number of benzene rings is 1. The predicted molar refractivity (Wildman–Crippen MR) is 53.7 cm³/mol. The molecule has 0 heterocycles. The number of hydrogen-bond donors (Lipinski definition) is 1. The molecule has 0 aromatic heterocycles. The van der Waals surface area contributed by atoms with E-state index < -0.39 is 34.7 Å². The maximum Gasteiger partial charge on any atom is 0.195 e. The number of carbonyl (C=O) groups is 1. The fourth-order valence-corrected chi connectivity index (χ4v) is 1.38. The number of carbonyl (C=O) groups excluding carboxylic acids is 1. The van der Waals surface area contributed by atoms with Crippen molar-refractivity contribution in [2.45, 2.75) is 6.92 Å². The number of rotatable bonds is 4. The standard InChI is InChI=1S/C11H12F3NO/c1-6(5-15-2)11(16)7-3-4-8(12)10(14)9(7)13/h3-4,6,15H,5H2,1-2H3. The van der Waals surface area contributed by atoms with Crippen LogP contribution in [0.1, 0.15) is 17.3 Å². The van der Waals surface area contributed by atoms with Crippen LogP contribution in [-0.2, 0) is 0 Å². The largest absolute Gasteiger partial charge is 0.319 e. The Balaban J connectivity index is 3.05. The molecule has 16 heavy (non-hydrogen) atoms. The molecule has 5 heteroatoms. The summed E-state index contributed by atoms with van der Waals surface area (Å²) in [5.41, 5.74) is -0.415. The topological polar surface area (TPSA) is 29.1 Å². The fraction of sp³-hybridized carbons (Fsp3) is 0.364. The van der Waals surface area contributed by atoms with E-state index in [1.54, 1.807) is 14.0 Å². The number of ketones is 1. The Bertz CT molecular complexity index is 406. The van der Waals surface area contributed by atoms with E-state index in [1.165, 1.54) is 0 Å². The molecule has 0 fully saturated rings. The van der Waals surface area contributed by atoms with Crippen LogP contribution >= 0.6 is 0 Å². The lowest BCUT2D eigenvalue weighted by atomic mass is 9.98. The lowest BCUT2D eigenvalue weighted by Crippen LogP contribution is -2.24. The van der Waals surface area contributed by atoms with Gasteiger partial charge in [0.25, 0.3) is 0 Å². The van der Waals surface area contributed by atoms with Crippen LogP contribution in [0.3, 0.4) is 0 Å². The third-order valence-corrected chi connectivity index (χ3v) is 2.26. The van der Waals surface area contributed by atoms with Gasteiger partial charge >= 0.3 is 0 Å². The highest BCUT2D eigenvalue weighted by atomic mass is 19.2. The summed E-state index contributed by atoms with van der Waals surface area (Å²) in [5, 5.41) is 2.75. The van der Waals surface area contributed by atoms with Crippen molar-refractivity contribution < 1.29 is 18.0 Å². The third-order valence-electron chi connectivity index (χ3n) is 2.26. The summed E-state index contributed by atoms with van der Waals surface area (Å²) < 4.78 is 38.8. The summed E-state index contributed by atoms with van der Waals surface area (Å²) in [7, 11) is 1.64. The molecule has 0 radical (unpaired) electrons. The van der Waals surface area contributed by atoms with Crippen LogP contribution in [-0.4, -0.2) is 19.4 Å². The first-order valence-electron chi connectivity index (χ1n) is 4.81. The highest BCUT2D eigenvalue weighted by Crippen LogP contribution is 2.18. The van der Waals surface area contributed by atoms with Gasteiger partial charge < -0.3 is 5.32 Å². The van der Waals surface area contributed by atoms with Crippen LogP contribution in [0.25, 0.3) is 0 Å². The Morgan fingerprint density at radius 2 is 1.94 bits per heavy atom. The van der Waals surface area contributed by atoms with Gasteiger partial charge in [0.1, 0.15) is 0 Å². The predicted octanol–water partition coefficient (Wildman–Crippen LogP) is 2.14. The molecule has 1 rings (SSSR count). The van der Waals surface area contributed by atoms with Crippen molar-refractivity contribution in [1.82, 2.24) is 5.32 Å². The second-order valence-electron chi connectivity index (χ2n) is 3.55. The van der Waals surface area contributed by atoms with Gasteiger partial charge in [0.2, 0.25) is 0 Å². The van der Waals surface area contributed by atoms with Crippen LogP contribution in [0.4, 0.5) is 13.2 Å². The smallest absolute Gasteiger partial charge is 0.195 e. The molecule has 88 valence electrons. The quantitative estimate of drug-likeness (QED) is 0.635. The molecule has 1 unspecified atom stereocenters. The molecular weight excluding hydrogens is 219 g/mol. The maximum atomic E-state index is 13.3. The second-order valence-corrected chi connectivity index (χ2v) is 3.55. The van der Waals surface area contributed by atoms with Crippen LogP contribution in [0, 0.1) is 23.4 Å². The van der Waals surface area contributed by atoms with Crippen molar-refractivity contribution in [3.05, 3.63) is 35.1 Å². The molecule has 0 aliphatic carbocycles. The van der Waals surface area contributed by atoms with Gasteiger partial charge in [-0.15, -0.1) is 0 Å². The van der Waals surface area contributed by atoms with Crippen molar-refractivity contribution in [3.8, 4) is 0 Å². The minimum absolute atomic E-state index is 0.345. The van der Waals surface area contributed by atoms with E-state index in [-0.39, 0.29) is 0 Å². The number of halogens is 3. The van der Waals surface area contributed by atoms with Crippen molar-refractivity contribution in [2.24, 2.45) is 5.92 Å². The van der Waals surface area contributed by atoms with E-state index in [2.05, 4.69) is 5.32 Å². The molecule has 0 aliphatic heterocycles. The van der Waals surface area contributed by atoms with Gasteiger partial charge in [0.05, 0.1) is 5.56 Å². The van der Waals surface area contributed by atoms with Gasteiger partial charge in [-0.2, -0.15) is 0 Å². The first-order chi connectivity index (χ1) is 7.49. The minimum Gasteiger partial charge on any atom is -0.319 e.